The number of rotatable bonds is 5. The summed E-state index contributed by atoms with van der Waals surface area (Å²) in [6.07, 6.45) is 6.07. The summed E-state index contributed by atoms with van der Waals surface area (Å²) in [5.41, 5.74) is -0.222. The average molecular weight is 556 g/mol. The molecule has 2 aliphatic heterocycles. The number of aromatic nitrogens is 1. The highest BCUT2D eigenvalue weighted by atomic mass is 19.2. The van der Waals surface area contributed by atoms with Gasteiger partial charge in [-0.3, -0.25) is 14.7 Å². The lowest BCUT2D eigenvalue weighted by Gasteiger charge is -2.39. The van der Waals surface area contributed by atoms with Crippen molar-refractivity contribution in [1.82, 2.24) is 20.1 Å². The van der Waals surface area contributed by atoms with Gasteiger partial charge in [0.1, 0.15) is 11.5 Å². The van der Waals surface area contributed by atoms with Gasteiger partial charge in [-0.1, -0.05) is 12.1 Å². The lowest BCUT2D eigenvalue weighted by Crippen LogP contribution is -2.53. The zero-order valence-corrected chi connectivity index (χ0v) is 22.0. The van der Waals surface area contributed by atoms with Crippen LogP contribution in [0.4, 0.5) is 18.4 Å². The zero-order valence-electron chi connectivity index (χ0n) is 22.0. The van der Waals surface area contributed by atoms with Crippen LogP contribution in [0.3, 0.4) is 0 Å². The van der Waals surface area contributed by atoms with E-state index in [4.69, 9.17) is 4.74 Å². The Bertz CT molecular complexity index is 1300. The van der Waals surface area contributed by atoms with Gasteiger partial charge in [-0.05, 0) is 61.9 Å². The number of amides is 4. The molecular formula is C28H31F2N5O5. The Morgan fingerprint density at radius 2 is 1.90 bits per heavy atom. The molecule has 1 unspecified atom stereocenters. The van der Waals surface area contributed by atoms with E-state index in [-0.39, 0.29) is 17.6 Å². The number of halogens is 2. The van der Waals surface area contributed by atoms with Gasteiger partial charge in [-0.15, -0.1) is 0 Å². The smallest absolute Gasteiger partial charge is 0.351 e. The number of ether oxygens (including phenoxy) is 1. The predicted molar refractivity (Wildman–Crippen MR) is 139 cm³/mol. The minimum atomic E-state index is -1.27. The van der Waals surface area contributed by atoms with Crippen molar-refractivity contribution in [3.05, 3.63) is 65.5 Å². The highest BCUT2D eigenvalue weighted by molar-refractivity contribution is 6.04. The highest BCUT2D eigenvalue weighted by Gasteiger charge is 2.44. The molecule has 2 aromatic rings. The molecule has 5 rings (SSSR count). The van der Waals surface area contributed by atoms with Crippen LogP contribution in [0.25, 0.3) is 0 Å². The number of aliphatic imine (C=N–C) groups is 1. The average Bonchev–Trinajstić information content (AvgIpc) is 3.43. The van der Waals surface area contributed by atoms with Crippen LogP contribution in [0.1, 0.15) is 49.4 Å². The summed E-state index contributed by atoms with van der Waals surface area (Å²) in [7, 11) is 1.15. The Labute approximate surface area is 230 Å². The van der Waals surface area contributed by atoms with Gasteiger partial charge in [0.25, 0.3) is 0 Å². The zero-order chi connectivity index (χ0) is 28.4. The Kier molecular flexibility index (Phi) is 7.90. The first-order chi connectivity index (χ1) is 19.2. The Balaban J connectivity index is 1.26. The summed E-state index contributed by atoms with van der Waals surface area (Å²) in [6.45, 7) is 1.26. The molecule has 2 N–H and O–H groups in total. The normalized spacial score (nSPS) is 28.9. The number of methoxy groups -OCH3 is 1. The quantitative estimate of drug-likeness (QED) is 0.543. The first-order valence-corrected chi connectivity index (χ1v) is 13.3. The fourth-order valence-electron chi connectivity index (χ4n) is 5.98. The molecule has 1 aliphatic carbocycles. The van der Waals surface area contributed by atoms with Crippen LogP contribution in [0.15, 0.2) is 47.6 Å². The van der Waals surface area contributed by atoms with Gasteiger partial charge in [0.2, 0.25) is 0 Å². The number of esters is 1. The van der Waals surface area contributed by atoms with E-state index in [1.54, 1.807) is 6.20 Å². The van der Waals surface area contributed by atoms with Crippen LogP contribution in [0.5, 0.6) is 0 Å². The van der Waals surface area contributed by atoms with Crippen molar-refractivity contribution in [1.29, 1.82) is 0 Å². The summed E-state index contributed by atoms with van der Waals surface area (Å²) in [5.74, 6) is -4.25. The molecule has 0 radical (unpaired) electrons. The molecule has 1 aromatic carbocycles. The van der Waals surface area contributed by atoms with E-state index in [0.717, 1.165) is 49.7 Å². The maximum absolute atomic E-state index is 14.1. The lowest BCUT2D eigenvalue weighted by atomic mass is 9.79. The van der Waals surface area contributed by atoms with Crippen molar-refractivity contribution in [3.8, 4) is 0 Å². The lowest BCUT2D eigenvalue weighted by molar-refractivity contribution is -0.144. The summed E-state index contributed by atoms with van der Waals surface area (Å²) in [4.78, 5) is 49.8. The Morgan fingerprint density at radius 3 is 2.58 bits per heavy atom. The van der Waals surface area contributed by atoms with Gasteiger partial charge in [0.15, 0.2) is 11.6 Å². The van der Waals surface area contributed by atoms with E-state index in [9.17, 15) is 28.3 Å². The molecule has 3 heterocycles. The van der Waals surface area contributed by atoms with Gasteiger partial charge < -0.3 is 15.2 Å². The molecule has 4 amide bonds. The summed E-state index contributed by atoms with van der Waals surface area (Å²) in [5, 5.41) is 14.0. The van der Waals surface area contributed by atoms with E-state index in [1.807, 2.05) is 18.2 Å². The van der Waals surface area contributed by atoms with E-state index >= 15 is 0 Å². The summed E-state index contributed by atoms with van der Waals surface area (Å²) in [6, 6.07) is 5.43. The number of carbonyl (C=O) groups excluding carboxylic acids is 3. The van der Waals surface area contributed by atoms with Crippen molar-refractivity contribution < 1.29 is 33.0 Å². The van der Waals surface area contributed by atoms with E-state index in [0.29, 0.717) is 31.5 Å². The minimum absolute atomic E-state index is 0.0552. The van der Waals surface area contributed by atoms with Gasteiger partial charge in [0, 0.05) is 37.6 Å². The maximum atomic E-state index is 14.1. The molecule has 0 spiro atoms. The van der Waals surface area contributed by atoms with Crippen LogP contribution in [-0.4, -0.2) is 76.4 Å². The van der Waals surface area contributed by atoms with Crippen LogP contribution in [0, 0.1) is 17.6 Å². The third kappa shape index (κ3) is 5.46. The van der Waals surface area contributed by atoms with Crippen molar-refractivity contribution in [2.75, 3.05) is 20.2 Å². The summed E-state index contributed by atoms with van der Waals surface area (Å²) >= 11 is 0. The van der Waals surface area contributed by atoms with Crippen molar-refractivity contribution in [2.24, 2.45) is 10.9 Å². The number of hydrogen-bond donors (Lipinski definition) is 2. The minimum Gasteiger partial charge on any atom is -0.468 e. The Hall–Kier alpha value is -3.77. The maximum Gasteiger partial charge on any atom is 0.351 e. The number of pyridine rings is 1. The second-order valence-corrected chi connectivity index (χ2v) is 10.5. The number of imide groups is 1. The first-order valence-electron chi connectivity index (χ1n) is 13.3. The molecule has 10 nitrogen and oxygen atoms in total. The third-order valence-corrected chi connectivity index (χ3v) is 8.13. The number of likely N-dealkylation sites (tertiary alicyclic amines) is 1. The number of aliphatic hydroxyl groups is 1. The van der Waals surface area contributed by atoms with Gasteiger partial charge >= 0.3 is 18.0 Å². The van der Waals surface area contributed by atoms with Gasteiger partial charge in [-0.2, -0.15) is 0 Å². The van der Waals surface area contributed by atoms with Crippen molar-refractivity contribution in [3.63, 3.8) is 0 Å². The Morgan fingerprint density at radius 1 is 1.12 bits per heavy atom. The molecular weight excluding hydrogens is 524 g/mol. The molecule has 3 atom stereocenters. The largest absolute Gasteiger partial charge is 0.468 e. The van der Waals surface area contributed by atoms with E-state index in [2.05, 4.69) is 20.2 Å². The van der Waals surface area contributed by atoms with E-state index in [1.165, 1.54) is 6.07 Å². The molecule has 12 heteroatoms. The molecule has 1 saturated carbocycles. The molecule has 1 saturated heterocycles. The number of benzene rings is 1. The molecule has 1 aromatic heterocycles. The van der Waals surface area contributed by atoms with Gasteiger partial charge in [0.05, 0.1) is 18.8 Å². The second kappa shape index (κ2) is 11.4. The highest BCUT2D eigenvalue weighted by Crippen LogP contribution is 2.39. The standard InChI is InChI=1S/C28H31F2N5O5/c1-40-25(36)20-15-32-26(37)35(24(20)17-5-6-21(29)22(30)14-17)27(38)33-18-9-13-34(16-18)19-7-10-28(39,11-8-19)23-4-2-3-12-31-23/h2-6,12,14-15,18-20,24,39H,7-11,13,16H2,1H3,(H,33,38)/t18-,19?,20?,24+,28?/m1/s1. The topological polar surface area (TPSA) is 124 Å². The van der Waals surface area contributed by atoms with Crippen LogP contribution in [-0.2, 0) is 15.1 Å². The monoisotopic (exact) mass is 555 g/mol. The fraction of sp³-hybridized carbons (Fsp3) is 0.464. The fourth-order valence-corrected chi connectivity index (χ4v) is 5.98. The molecule has 3 aliphatic rings. The number of urea groups is 2. The number of nitrogens with one attached hydrogen (secondary N) is 1. The van der Waals surface area contributed by atoms with Crippen LogP contribution in [0.2, 0.25) is 0 Å². The van der Waals surface area contributed by atoms with Crippen LogP contribution < -0.4 is 5.32 Å². The second-order valence-electron chi connectivity index (χ2n) is 10.5. The van der Waals surface area contributed by atoms with Gasteiger partial charge in [-0.25, -0.2) is 28.3 Å². The summed E-state index contributed by atoms with van der Waals surface area (Å²) < 4.78 is 32.6. The number of nitrogens with zero attached hydrogens (tertiary/aromatic N) is 4. The van der Waals surface area contributed by atoms with E-state index < -0.39 is 47.2 Å². The number of carbonyl (C=O) groups is 3. The van der Waals surface area contributed by atoms with Crippen molar-refractivity contribution in [2.45, 2.75) is 55.8 Å². The molecule has 212 valence electrons. The molecule has 0 bridgehead atoms. The predicted octanol–water partition coefficient (Wildman–Crippen LogP) is 3.31. The van der Waals surface area contributed by atoms with Crippen LogP contribution >= 0.6 is 0 Å². The molecule has 2 fully saturated rings. The van der Waals surface area contributed by atoms with Crippen molar-refractivity contribution >= 4 is 24.2 Å². The number of hydrogen-bond acceptors (Lipinski definition) is 7. The SMILES string of the molecule is COC(=O)C1C=NC(=O)N(C(=O)N[C@@H]2CCN(C3CCC(O)(c4ccccn4)CC3)C2)[C@H]1c1ccc(F)c(F)c1. The molecule has 40 heavy (non-hydrogen) atoms. The first kappa shape index (κ1) is 27.8. The third-order valence-electron chi connectivity index (χ3n) is 8.13.